The van der Waals surface area contributed by atoms with E-state index in [-0.39, 0.29) is 0 Å². The number of hydrogen-bond acceptors (Lipinski definition) is 6. The van der Waals surface area contributed by atoms with Gasteiger partial charge in [0.05, 0.1) is 0 Å². The Bertz CT molecular complexity index is 585. The van der Waals surface area contributed by atoms with Gasteiger partial charge in [0, 0.05) is 22.0 Å². The van der Waals surface area contributed by atoms with Crippen molar-refractivity contribution in [2.45, 2.75) is 23.5 Å². The number of anilines is 2. The zero-order valence-corrected chi connectivity index (χ0v) is 13.5. The van der Waals surface area contributed by atoms with E-state index in [1.807, 2.05) is 12.1 Å². The van der Waals surface area contributed by atoms with Gasteiger partial charge >= 0.3 is 0 Å². The summed E-state index contributed by atoms with van der Waals surface area (Å²) in [6.07, 6.45) is 0. The lowest BCUT2D eigenvalue weighted by molar-refractivity contribution is 0.717. The van der Waals surface area contributed by atoms with E-state index in [0.29, 0.717) is 16.8 Å². The number of halogens is 1. The minimum Gasteiger partial charge on any atom is -0.383 e. The first-order valence-corrected chi connectivity index (χ1v) is 7.76. The lowest BCUT2D eigenvalue weighted by Crippen LogP contribution is -2.12. The monoisotopic (exact) mass is 353 g/mol. The van der Waals surface area contributed by atoms with Crippen LogP contribution in [0.1, 0.15) is 12.5 Å². The van der Waals surface area contributed by atoms with Crippen molar-refractivity contribution in [2.75, 3.05) is 18.0 Å². The maximum atomic E-state index is 5.70. The van der Waals surface area contributed by atoms with Crippen LogP contribution in [0, 0.1) is 0 Å². The van der Waals surface area contributed by atoms with Crippen LogP contribution in [0.25, 0.3) is 0 Å². The van der Waals surface area contributed by atoms with Gasteiger partial charge in [-0.05, 0) is 36.0 Å². The van der Waals surface area contributed by atoms with Crippen LogP contribution in [0.5, 0.6) is 0 Å². The Labute approximate surface area is 130 Å². The molecule has 1 aromatic carbocycles. The number of benzene rings is 1. The quantitative estimate of drug-likeness (QED) is 0.716. The number of rotatable bonds is 5. The Morgan fingerprint density at radius 3 is 2.55 bits per heavy atom. The molecule has 0 bridgehead atoms. The molecule has 0 fully saturated rings. The molecule has 2 rings (SSSR count). The number of nitrogens with zero attached hydrogens (tertiary/aromatic N) is 2. The lowest BCUT2D eigenvalue weighted by Gasteiger charge is -2.10. The molecule has 0 aliphatic rings. The van der Waals surface area contributed by atoms with Crippen molar-refractivity contribution in [1.29, 1.82) is 0 Å². The van der Waals surface area contributed by atoms with E-state index in [2.05, 4.69) is 44.2 Å². The third-order valence-electron chi connectivity index (χ3n) is 2.54. The third kappa shape index (κ3) is 4.09. The van der Waals surface area contributed by atoms with Crippen LogP contribution in [0.4, 0.5) is 11.6 Å². The average molecular weight is 354 g/mol. The summed E-state index contributed by atoms with van der Waals surface area (Å²) in [5, 5.41) is 3.87. The molecule has 106 valence electrons. The first-order valence-electron chi connectivity index (χ1n) is 6.15. The SMILES string of the molecule is CCNCc1ccc(Br)cc1Sc1nc(N)cc(N)n1. The Morgan fingerprint density at radius 1 is 1.20 bits per heavy atom. The van der Waals surface area contributed by atoms with E-state index in [1.54, 1.807) is 6.07 Å². The molecule has 20 heavy (non-hydrogen) atoms. The molecular weight excluding hydrogens is 338 g/mol. The second kappa shape index (κ2) is 6.92. The van der Waals surface area contributed by atoms with Crippen molar-refractivity contribution < 1.29 is 0 Å². The smallest absolute Gasteiger partial charge is 0.196 e. The fourth-order valence-electron chi connectivity index (χ4n) is 1.64. The minimum atomic E-state index is 0.378. The van der Waals surface area contributed by atoms with Gasteiger partial charge in [0.2, 0.25) is 0 Å². The summed E-state index contributed by atoms with van der Waals surface area (Å²) in [6, 6.07) is 7.68. The molecule has 0 radical (unpaired) electrons. The number of nitrogens with two attached hydrogens (primary N) is 2. The molecule has 0 atom stereocenters. The van der Waals surface area contributed by atoms with Gasteiger partial charge in [0.15, 0.2) is 5.16 Å². The van der Waals surface area contributed by atoms with E-state index >= 15 is 0 Å². The zero-order chi connectivity index (χ0) is 14.5. The fourth-order valence-corrected chi connectivity index (χ4v) is 3.10. The Morgan fingerprint density at radius 2 is 1.90 bits per heavy atom. The number of nitrogen functional groups attached to an aromatic ring is 2. The topological polar surface area (TPSA) is 89.8 Å². The maximum absolute atomic E-state index is 5.70. The highest BCUT2D eigenvalue weighted by atomic mass is 79.9. The van der Waals surface area contributed by atoms with Gasteiger partial charge < -0.3 is 16.8 Å². The fraction of sp³-hybridized carbons (Fsp3) is 0.231. The highest BCUT2D eigenvalue weighted by Crippen LogP contribution is 2.31. The largest absolute Gasteiger partial charge is 0.383 e. The highest BCUT2D eigenvalue weighted by Gasteiger charge is 2.08. The van der Waals surface area contributed by atoms with Crippen LogP contribution in [-0.2, 0) is 6.54 Å². The molecule has 0 amide bonds. The summed E-state index contributed by atoms with van der Waals surface area (Å²) in [5.41, 5.74) is 12.6. The van der Waals surface area contributed by atoms with Crippen molar-refractivity contribution in [3.8, 4) is 0 Å². The Hall–Kier alpha value is -1.31. The van der Waals surface area contributed by atoms with Crippen molar-refractivity contribution >= 4 is 39.3 Å². The van der Waals surface area contributed by atoms with Crippen molar-refractivity contribution in [3.63, 3.8) is 0 Å². The molecular formula is C13H16BrN5S. The number of nitrogens with one attached hydrogen (secondary N) is 1. The van der Waals surface area contributed by atoms with Gasteiger partial charge in [-0.1, -0.05) is 28.9 Å². The second-order valence-electron chi connectivity index (χ2n) is 4.13. The predicted molar refractivity (Wildman–Crippen MR) is 86.5 cm³/mol. The van der Waals surface area contributed by atoms with Crippen molar-refractivity contribution in [3.05, 3.63) is 34.3 Å². The molecule has 0 saturated carbocycles. The zero-order valence-electron chi connectivity index (χ0n) is 11.1. The molecule has 5 N–H and O–H groups in total. The molecule has 0 spiro atoms. The molecule has 0 unspecified atom stereocenters. The van der Waals surface area contributed by atoms with E-state index in [1.165, 1.54) is 17.3 Å². The van der Waals surface area contributed by atoms with E-state index in [4.69, 9.17) is 11.5 Å². The van der Waals surface area contributed by atoms with Crippen LogP contribution < -0.4 is 16.8 Å². The average Bonchev–Trinajstić information content (AvgIpc) is 2.36. The summed E-state index contributed by atoms with van der Waals surface area (Å²) < 4.78 is 1.01. The van der Waals surface area contributed by atoms with Gasteiger partial charge in [-0.3, -0.25) is 0 Å². The Kier molecular flexibility index (Phi) is 5.22. The van der Waals surface area contributed by atoms with Gasteiger partial charge in [-0.25, -0.2) is 9.97 Å². The first-order chi connectivity index (χ1) is 9.58. The van der Waals surface area contributed by atoms with E-state index < -0.39 is 0 Å². The summed E-state index contributed by atoms with van der Waals surface area (Å²) in [6.45, 7) is 3.79. The number of aromatic nitrogens is 2. The van der Waals surface area contributed by atoms with Crippen LogP contribution in [0.2, 0.25) is 0 Å². The molecule has 1 heterocycles. The van der Waals surface area contributed by atoms with Crippen LogP contribution in [-0.4, -0.2) is 16.5 Å². The molecule has 5 nitrogen and oxygen atoms in total. The highest BCUT2D eigenvalue weighted by molar-refractivity contribution is 9.10. The molecule has 0 aliphatic carbocycles. The van der Waals surface area contributed by atoms with Crippen LogP contribution in [0.3, 0.4) is 0 Å². The molecule has 2 aromatic rings. The van der Waals surface area contributed by atoms with Gasteiger partial charge in [-0.2, -0.15) is 0 Å². The first kappa shape index (κ1) is 15.1. The summed E-state index contributed by atoms with van der Waals surface area (Å²) in [7, 11) is 0. The normalized spacial score (nSPS) is 10.7. The third-order valence-corrected chi connectivity index (χ3v) is 4.00. The summed E-state index contributed by atoms with van der Waals surface area (Å²) in [5.74, 6) is 0.756. The van der Waals surface area contributed by atoms with Crippen LogP contribution >= 0.6 is 27.7 Å². The second-order valence-corrected chi connectivity index (χ2v) is 6.06. The Balaban J connectivity index is 2.28. The van der Waals surface area contributed by atoms with Crippen LogP contribution in [0.15, 0.2) is 38.8 Å². The number of hydrogen-bond donors (Lipinski definition) is 3. The molecule has 0 saturated heterocycles. The predicted octanol–water partition coefficient (Wildman–Crippen LogP) is 2.66. The standard InChI is InChI=1S/C13H16BrN5S/c1-2-17-7-8-3-4-9(14)5-10(8)20-13-18-11(15)6-12(16)19-13/h3-6,17H,2,7H2,1H3,(H4,15,16,18,19). The van der Waals surface area contributed by atoms with E-state index in [9.17, 15) is 0 Å². The molecule has 7 heteroatoms. The minimum absolute atomic E-state index is 0.378. The summed E-state index contributed by atoms with van der Waals surface area (Å²) >= 11 is 4.94. The van der Waals surface area contributed by atoms with E-state index in [0.717, 1.165) is 22.5 Å². The van der Waals surface area contributed by atoms with Gasteiger partial charge in [0.1, 0.15) is 11.6 Å². The summed E-state index contributed by atoms with van der Waals surface area (Å²) in [4.78, 5) is 9.46. The molecule has 0 aliphatic heterocycles. The van der Waals surface area contributed by atoms with Crippen molar-refractivity contribution in [2.24, 2.45) is 0 Å². The van der Waals surface area contributed by atoms with Gasteiger partial charge in [-0.15, -0.1) is 0 Å². The lowest BCUT2D eigenvalue weighted by atomic mass is 10.2. The molecule has 1 aromatic heterocycles. The maximum Gasteiger partial charge on any atom is 0.196 e. The van der Waals surface area contributed by atoms with Gasteiger partial charge in [0.25, 0.3) is 0 Å². The van der Waals surface area contributed by atoms with Crippen molar-refractivity contribution in [1.82, 2.24) is 15.3 Å².